The second kappa shape index (κ2) is 10.3. The number of imide groups is 1. The number of nitriles is 1. The van der Waals surface area contributed by atoms with Gasteiger partial charge in [0, 0.05) is 43.7 Å². The molecule has 0 fully saturated rings. The molecule has 4 heterocycles. The van der Waals surface area contributed by atoms with Gasteiger partial charge in [-0.2, -0.15) is 5.26 Å². The van der Waals surface area contributed by atoms with Crippen LogP contribution < -0.4 is 4.90 Å². The Kier molecular flexibility index (Phi) is 5.63. The molecule has 0 unspecified atom stereocenters. The molecule has 0 saturated carbocycles. The highest BCUT2D eigenvalue weighted by molar-refractivity contribution is 6.35. The van der Waals surface area contributed by atoms with E-state index in [0.717, 1.165) is 81.8 Å². The van der Waals surface area contributed by atoms with Crippen molar-refractivity contribution in [1.82, 2.24) is 9.13 Å². The number of furan rings is 1. The van der Waals surface area contributed by atoms with Crippen molar-refractivity contribution in [2.75, 3.05) is 4.90 Å². The fraction of sp³-hybridized carbons (Fsp3) is 0. The number of hydrogen-bond acceptors (Lipinski definition) is 4. The van der Waals surface area contributed by atoms with Gasteiger partial charge in [-0.05, 0) is 72.8 Å². The fourth-order valence-electron chi connectivity index (χ4n) is 8.25. The van der Waals surface area contributed by atoms with E-state index in [9.17, 15) is 14.9 Å². The lowest BCUT2D eigenvalue weighted by Gasteiger charge is -2.18. The van der Waals surface area contributed by atoms with Crippen LogP contribution in [-0.4, -0.2) is 20.9 Å². The molecule has 242 valence electrons. The summed E-state index contributed by atoms with van der Waals surface area (Å²) in [7, 11) is 0. The molecular formula is C45H24N4O3. The largest absolute Gasteiger partial charge is 0.456 e. The molecule has 11 rings (SSSR count). The molecule has 0 aliphatic carbocycles. The average Bonchev–Trinajstić information content (AvgIpc) is 3.91. The van der Waals surface area contributed by atoms with E-state index >= 15 is 0 Å². The Balaban J connectivity index is 1.22. The van der Waals surface area contributed by atoms with Crippen LogP contribution in [0.2, 0.25) is 0 Å². The van der Waals surface area contributed by atoms with Gasteiger partial charge in [0.05, 0.1) is 44.4 Å². The van der Waals surface area contributed by atoms with Crippen molar-refractivity contribution >= 4 is 83.1 Å². The molecule has 0 spiro atoms. The van der Waals surface area contributed by atoms with Crippen LogP contribution in [0.25, 0.3) is 76.9 Å². The molecule has 3 aromatic heterocycles. The van der Waals surface area contributed by atoms with Gasteiger partial charge in [0.1, 0.15) is 17.2 Å². The second-order valence-corrected chi connectivity index (χ2v) is 13.1. The third-order valence-corrected chi connectivity index (χ3v) is 10.5. The van der Waals surface area contributed by atoms with Gasteiger partial charge < -0.3 is 13.6 Å². The van der Waals surface area contributed by atoms with Crippen LogP contribution in [0.3, 0.4) is 0 Å². The number of benzene rings is 7. The Labute approximate surface area is 295 Å². The standard InChI is InChI=1S/C45H24N4O3/c46-25-26-17-18-28(24-39(26)49-44(50)32-11-1-2-12-33(32)45(49)51)48-36-14-6-3-9-29(36)31-20-21-38-42(43(31)48)34-13-4-7-15-37(34)47(38)27-19-22-41-35(23-27)30-10-5-8-16-40(30)52-41/h1-24H. The zero-order valence-corrected chi connectivity index (χ0v) is 27.4. The zero-order chi connectivity index (χ0) is 34.7. The van der Waals surface area contributed by atoms with E-state index in [-0.39, 0.29) is 11.3 Å². The molecule has 0 N–H and O–H groups in total. The number of aromatic nitrogens is 2. The number of anilines is 1. The van der Waals surface area contributed by atoms with E-state index < -0.39 is 11.8 Å². The molecular weight excluding hydrogens is 645 g/mol. The lowest BCUT2D eigenvalue weighted by atomic mass is 10.1. The SMILES string of the molecule is N#Cc1ccc(-n2c3ccccc3c3ccc4c(c5ccccc5n4-c4ccc5oc6ccccc6c5c4)c32)cc1N1C(=O)c2ccccc2C1=O. The summed E-state index contributed by atoms with van der Waals surface area (Å²) in [5.74, 6) is -0.881. The number of carbonyl (C=O) groups excluding carboxylic acids is 2. The number of amides is 2. The number of rotatable bonds is 3. The lowest BCUT2D eigenvalue weighted by molar-refractivity contribution is 0.0926. The first-order chi connectivity index (χ1) is 25.6. The number of para-hydroxylation sites is 3. The van der Waals surface area contributed by atoms with Gasteiger partial charge >= 0.3 is 0 Å². The Morgan fingerprint density at radius 3 is 1.88 bits per heavy atom. The van der Waals surface area contributed by atoms with Gasteiger partial charge in [0.2, 0.25) is 0 Å². The summed E-state index contributed by atoms with van der Waals surface area (Å²) in [6, 6.07) is 49.9. The van der Waals surface area contributed by atoms with E-state index in [1.54, 1.807) is 36.4 Å². The van der Waals surface area contributed by atoms with Crippen LogP contribution in [0.5, 0.6) is 0 Å². The maximum atomic E-state index is 13.7. The molecule has 52 heavy (non-hydrogen) atoms. The summed E-state index contributed by atoms with van der Waals surface area (Å²) in [6.07, 6.45) is 0. The van der Waals surface area contributed by atoms with Crippen LogP contribution in [0.1, 0.15) is 26.3 Å². The molecule has 0 atom stereocenters. The number of hydrogen-bond donors (Lipinski definition) is 0. The molecule has 7 nitrogen and oxygen atoms in total. The fourth-order valence-corrected chi connectivity index (χ4v) is 8.25. The summed E-state index contributed by atoms with van der Waals surface area (Å²) >= 11 is 0. The molecule has 2 amide bonds. The van der Waals surface area contributed by atoms with Crippen molar-refractivity contribution in [3.63, 3.8) is 0 Å². The lowest BCUT2D eigenvalue weighted by Crippen LogP contribution is -2.30. The third-order valence-electron chi connectivity index (χ3n) is 10.5. The minimum Gasteiger partial charge on any atom is -0.456 e. The van der Waals surface area contributed by atoms with Crippen LogP contribution in [0.15, 0.2) is 150 Å². The van der Waals surface area contributed by atoms with Gasteiger partial charge in [-0.3, -0.25) is 9.59 Å². The molecule has 0 saturated heterocycles. The highest BCUT2D eigenvalue weighted by Gasteiger charge is 2.38. The summed E-state index contributed by atoms with van der Waals surface area (Å²) < 4.78 is 10.7. The van der Waals surface area contributed by atoms with Crippen LogP contribution in [-0.2, 0) is 0 Å². The monoisotopic (exact) mass is 668 g/mol. The van der Waals surface area contributed by atoms with Gasteiger partial charge in [0.15, 0.2) is 0 Å². The predicted molar refractivity (Wildman–Crippen MR) is 205 cm³/mol. The first-order valence-corrected chi connectivity index (χ1v) is 17.0. The maximum Gasteiger partial charge on any atom is 0.266 e. The molecule has 10 aromatic rings. The Bertz CT molecular complexity index is 3230. The van der Waals surface area contributed by atoms with Gasteiger partial charge in [-0.1, -0.05) is 72.8 Å². The Morgan fingerprint density at radius 1 is 0.500 bits per heavy atom. The number of nitrogens with zero attached hydrogens (tertiary/aromatic N) is 4. The van der Waals surface area contributed by atoms with Crippen LogP contribution in [0, 0.1) is 11.3 Å². The smallest absolute Gasteiger partial charge is 0.266 e. The van der Waals surface area contributed by atoms with E-state index in [0.29, 0.717) is 11.1 Å². The van der Waals surface area contributed by atoms with Crippen molar-refractivity contribution in [2.45, 2.75) is 0 Å². The van der Waals surface area contributed by atoms with Crippen molar-refractivity contribution in [1.29, 1.82) is 5.26 Å². The molecule has 1 aliphatic heterocycles. The highest BCUT2D eigenvalue weighted by Crippen LogP contribution is 2.43. The van der Waals surface area contributed by atoms with E-state index in [2.05, 4.69) is 81.9 Å². The van der Waals surface area contributed by atoms with Crippen molar-refractivity contribution in [3.8, 4) is 17.4 Å². The average molecular weight is 669 g/mol. The Morgan fingerprint density at radius 2 is 1.12 bits per heavy atom. The van der Waals surface area contributed by atoms with Crippen LogP contribution in [0.4, 0.5) is 5.69 Å². The van der Waals surface area contributed by atoms with Crippen molar-refractivity contribution < 1.29 is 14.0 Å². The van der Waals surface area contributed by atoms with Gasteiger partial charge in [-0.25, -0.2) is 4.90 Å². The number of carbonyl (C=O) groups is 2. The summed E-state index contributed by atoms with van der Waals surface area (Å²) in [5, 5.41) is 16.6. The molecule has 0 bridgehead atoms. The first-order valence-electron chi connectivity index (χ1n) is 17.0. The Hall–Kier alpha value is -7.43. The van der Waals surface area contributed by atoms with Gasteiger partial charge in [0.25, 0.3) is 11.8 Å². The zero-order valence-electron chi connectivity index (χ0n) is 27.4. The maximum absolute atomic E-state index is 13.7. The summed E-state index contributed by atoms with van der Waals surface area (Å²) in [6.45, 7) is 0. The summed E-state index contributed by atoms with van der Waals surface area (Å²) in [5.41, 5.74) is 8.62. The molecule has 1 aliphatic rings. The quantitative estimate of drug-likeness (QED) is 0.175. The summed E-state index contributed by atoms with van der Waals surface area (Å²) in [4.78, 5) is 28.5. The first kappa shape index (κ1) is 28.4. The normalized spacial score (nSPS) is 13.0. The van der Waals surface area contributed by atoms with Gasteiger partial charge in [-0.15, -0.1) is 0 Å². The van der Waals surface area contributed by atoms with E-state index in [1.165, 1.54) is 0 Å². The third kappa shape index (κ3) is 3.67. The topological polar surface area (TPSA) is 84.2 Å². The van der Waals surface area contributed by atoms with E-state index in [4.69, 9.17) is 4.42 Å². The molecule has 7 aromatic carbocycles. The number of fused-ring (bicyclic) bond motifs is 11. The minimum atomic E-state index is -0.440. The highest BCUT2D eigenvalue weighted by atomic mass is 16.3. The van der Waals surface area contributed by atoms with Crippen LogP contribution >= 0.6 is 0 Å². The minimum absolute atomic E-state index is 0.239. The predicted octanol–water partition coefficient (Wildman–Crippen LogP) is 10.5. The van der Waals surface area contributed by atoms with Crippen molar-refractivity contribution in [3.05, 3.63) is 162 Å². The second-order valence-electron chi connectivity index (χ2n) is 13.1. The molecule has 7 heteroatoms. The van der Waals surface area contributed by atoms with E-state index in [1.807, 2.05) is 42.5 Å². The molecule has 0 radical (unpaired) electrons. The van der Waals surface area contributed by atoms with Crippen molar-refractivity contribution in [2.24, 2.45) is 0 Å².